The van der Waals surface area contributed by atoms with Gasteiger partial charge in [0.25, 0.3) is 5.79 Å². The zero-order chi connectivity index (χ0) is 17.3. The number of hydrogen-bond acceptors (Lipinski definition) is 4. The minimum Gasteiger partial charge on any atom is -0.418 e. The molecule has 0 bridgehead atoms. The molecule has 5 heteroatoms. The smallest absolute Gasteiger partial charge is 0.354 e. The van der Waals surface area contributed by atoms with Gasteiger partial charge in [-0.2, -0.15) is 0 Å². The number of rotatable bonds is 2. The van der Waals surface area contributed by atoms with E-state index in [2.05, 4.69) is 12.1 Å². The van der Waals surface area contributed by atoms with Crippen molar-refractivity contribution >= 4 is 36.2 Å². The van der Waals surface area contributed by atoms with Gasteiger partial charge in [0, 0.05) is 16.4 Å². The van der Waals surface area contributed by atoms with E-state index in [1.807, 2.05) is 42.5 Å². The van der Waals surface area contributed by atoms with Gasteiger partial charge in [0.05, 0.1) is 0 Å². The molecule has 0 aromatic heterocycles. The van der Waals surface area contributed by atoms with Gasteiger partial charge in [-0.15, -0.1) is 0 Å². The highest BCUT2D eigenvalue weighted by Crippen LogP contribution is 2.37. The second-order valence-corrected chi connectivity index (χ2v) is 9.04. The van der Waals surface area contributed by atoms with E-state index in [4.69, 9.17) is 9.47 Å². The number of hydrogen-bond donors (Lipinski definition) is 0. The first kappa shape index (κ1) is 16.4. The molecule has 2 aromatic carbocycles. The number of carbonyl (C=O) groups is 2. The largest absolute Gasteiger partial charge is 0.418 e. The summed E-state index contributed by atoms with van der Waals surface area (Å²) in [5.41, 5.74) is 2.25. The van der Waals surface area contributed by atoms with E-state index in [9.17, 15) is 9.59 Å². The second kappa shape index (κ2) is 6.71. The Morgan fingerprint density at radius 2 is 1.32 bits per heavy atom. The van der Waals surface area contributed by atoms with Gasteiger partial charge >= 0.3 is 11.9 Å². The molecule has 25 heavy (non-hydrogen) atoms. The molecule has 1 spiro atoms. The highest BCUT2D eigenvalue weighted by Gasteiger charge is 2.48. The Morgan fingerprint density at radius 1 is 0.760 bits per heavy atom. The van der Waals surface area contributed by atoms with Crippen LogP contribution in [0.5, 0.6) is 0 Å². The maximum Gasteiger partial charge on any atom is 0.354 e. The first-order valence-corrected chi connectivity index (χ1v) is 10.4. The molecule has 2 aliphatic rings. The van der Waals surface area contributed by atoms with Gasteiger partial charge in [0.1, 0.15) is 0 Å². The summed E-state index contributed by atoms with van der Waals surface area (Å²) in [6.07, 6.45) is 3.07. The third-order valence-corrected chi connectivity index (χ3v) is 7.20. The molecule has 0 unspecified atom stereocenters. The lowest BCUT2D eigenvalue weighted by atomic mass is 10.1. The third-order valence-electron chi connectivity index (χ3n) is 4.44. The summed E-state index contributed by atoms with van der Waals surface area (Å²) in [7, 11) is 0. The minimum absolute atomic E-state index is 0.184. The summed E-state index contributed by atoms with van der Waals surface area (Å²) in [6, 6.07) is 18.1. The number of halogens is 1. The van der Waals surface area contributed by atoms with Crippen LogP contribution in [0.3, 0.4) is 0 Å². The normalized spacial score (nSPS) is 19.0. The van der Waals surface area contributed by atoms with Crippen molar-refractivity contribution in [2.75, 3.05) is 0 Å². The summed E-state index contributed by atoms with van der Waals surface area (Å²) in [5, 5.41) is 0. The van der Waals surface area contributed by atoms with Crippen molar-refractivity contribution in [3.63, 3.8) is 0 Å². The summed E-state index contributed by atoms with van der Waals surface area (Å²) in [5.74, 6) is -1.96. The van der Waals surface area contributed by atoms with Crippen molar-refractivity contribution in [2.24, 2.45) is 0 Å². The van der Waals surface area contributed by atoms with Gasteiger partial charge in [0.15, 0.2) is 3.51 Å². The Bertz CT molecular complexity index is 812. The Hall–Kier alpha value is -2.02. The molecule has 1 saturated carbocycles. The molecular formula is C20H17IO4. The van der Waals surface area contributed by atoms with Crippen molar-refractivity contribution in [2.45, 2.75) is 31.5 Å². The van der Waals surface area contributed by atoms with Crippen molar-refractivity contribution < 1.29 is 19.1 Å². The number of benzene rings is 2. The molecule has 0 radical (unpaired) electrons. The van der Waals surface area contributed by atoms with Crippen LogP contribution in [-0.2, 0) is 19.1 Å². The van der Waals surface area contributed by atoms with E-state index < -0.39 is 38.5 Å². The minimum atomic E-state index is -0.988. The molecule has 2 fully saturated rings. The van der Waals surface area contributed by atoms with Crippen LogP contribution in [0.2, 0.25) is 0 Å². The van der Waals surface area contributed by atoms with Gasteiger partial charge in [-0.25, -0.2) is 9.59 Å². The van der Waals surface area contributed by atoms with Crippen LogP contribution in [-0.4, -0.2) is 21.2 Å². The van der Waals surface area contributed by atoms with Crippen LogP contribution < -0.4 is 0 Å². The van der Waals surface area contributed by atoms with Crippen LogP contribution in [0.1, 0.15) is 25.7 Å². The second-order valence-electron chi connectivity index (χ2n) is 6.18. The van der Waals surface area contributed by atoms with Gasteiger partial charge in [-0.3, -0.25) is 0 Å². The molecule has 1 heterocycles. The molecule has 1 saturated heterocycles. The van der Waals surface area contributed by atoms with E-state index in [0.717, 1.165) is 27.5 Å². The quantitative estimate of drug-likeness (QED) is 0.514. The zero-order valence-electron chi connectivity index (χ0n) is 13.5. The summed E-state index contributed by atoms with van der Waals surface area (Å²) in [4.78, 5) is 24.7. The summed E-state index contributed by atoms with van der Waals surface area (Å²) < 4.78 is 12.2. The third kappa shape index (κ3) is 3.38. The lowest BCUT2D eigenvalue weighted by Crippen LogP contribution is -2.48. The van der Waals surface area contributed by atoms with Crippen LogP contribution in [0.15, 0.2) is 54.6 Å². The molecule has 1 aliphatic heterocycles. The Kier molecular flexibility index (Phi) is 4.41. The van der Waals surface area contributed by atoms with Crippen molar-refractivity contribution in [3.8, 4) is 11.1 Å². The lowest BCUT2D eigenvalue weighted by molar-refractivity contribution is -0.224. The highest BCUT2D eigenvalue weighted by molar-refractivity contribution is 14.2. The van der Waals surface area contributed by atoms with Crippen LogP contribution >= 0.6 is 20.7 Å². The molecule has 128 valence electrons. The van der Waals surface area contributed by atoms with Gasteiger partial charge < -0.3 is 9.47 Å². The molecular weight excluding hydrogens is 431 g/mol. The van der Waals surface area contributed by atoms with Crippen LogP contribution in [0, 0.1) is 3.57 Å². The van der Waals surface area contributed by atoms with E-state index in [0.29, 0.717) is 12.8 Å². The Morgan fingerprint density at radius 3 is 1.92 bits per heavy atom. The molecule has 4 nitrogen and oxygen atoms in total. The summed E-state index contributed by atoms with van der Waals surface area (Å²) in [6.45, 7) is 0. The van der Waals surface area contributed by atoms with E-state index in [-0.39, 0.29) is 3.51 Å². The highest BCUT2D eigenvalue weighted by atomic mass is 127. The van der Waals surface area contributed by atoms with Gasteiger partial charge in [0.2, 0.25) is 0 Å². The maximum absolute atomic E-state index is 12.3. The predicted octanol–water partition coefficient (Wildman–Crippen LogP) is 4.04. The fourth-order valence-electron chi connectivity index (χ4n) is 3.17. The molecule has 0 atom stereocenters. The topological polar surface area (TPSA) is 52.6 Å². The molecule has 1 aliphatic carbocycles. The standard InChI is InChI=1S/C20H17IO4/c22-18-17(19(23)25-20(24-18)12-4-5-13-20)21-16-10-8-15(9-11-16)14-6-2-1-3-7-14/h1-3,6-11H,4-5,12-13H2. The van der Waals surface area contributed by atoms with E-state index >= 15 is 0 Å². The first-order chi connectivity index (χ1) is 12.2. The fourth-order valence-corrected chi connectivity index (χ4v) is 5.17. The van der Waals surface area contributed by atoms with E-state index in [1.54, 1.807) is 0 Å². The lowest BCUT2D eigenvalue weighted by Gasteiger charge is -2.32. The number of esters is 2. The average molecular weight is 448 g/mol. The maximum atomic E-state index is 12.3. The van der Waals surface area contributed by atoms with E-state index in [1.165, 1.54) is 0 Å². The van der Waals surface area contributed by atoms with Crippen molar-refractivity contribution in [3.05, 3.63) is 58.2 Å². The average Bonchev–Trinajstić information content (AvgIpc) is 3.07. The molecule has 0 N–H and O–H groups in total. The number of ether oxygens (including phenoxy) is 2. The zero-order valence-corrected chi connectivity index (χ0v) is 15.7. The predicted molar refractivity (Wildman–Crippen MR) is 103 cm³/mol. The first-order valence-electron chi connectivity index (χ1n) is 8.29. The molecule has 4 rings (SSSR count). The molecule has 0 amide bonds. The van der Waals surface area contributed by atoms with Crippen molar-refractivity contribution in [1.82, 2.24) is 0 Å². The fraction of sp³-hybridized carbons (Fsp3) is 0.250. The summed E-state index contributed by atoms with van der Waals surface area (Å²) >= 11 is -0.923. The molecule has 2 aromatic rings. The SMILES string of the molecule is O=C1OC2(CCCC2)OC(=O)C1=Ic1ccc(-c2ccccc2)cc1. The Labute approximate surface area is 155 Å². The Balaban J connectivity index is 1.56. The van der Waals surface area contributed by atoms with Crippen LogP contribution in [0.25, 0.3) is 11.1 Å². The monoisotopic (exact) mass is 448 g/mol. The van der Waals surface area contributed by atoms with Gasteiger partial charge in [-0.1, -0.05) is 63.2 Å². The van der Waals surface area contributed by atoms with Crippen LogP contribution in [0.4, 0.5) is 0 Å². The van der Waals surface area contributed by atoms with Gasteiger partial charge in [-0.05, 0) is 36.1 Å². The number of carbonyl (C=O) groups excluding carboxylic acids is 2. The van der Waals surface area contributed by atoms with Crippen molar-refractivity contribution in [1.29, 1.82) is 0 Å².